The van der Waals surface area contributed by atoms with Gasteiger partial charge in [0.25, 0.3) is 0 Å². The number of rotatable bonds is 9. The van der Waals surface area contributed by atoms with Crippen LogP contribution in [-0.4, -0.2) is 40.7 Å². The number of nitrogens with zero attached hydrogens (tertiary/aromatic N) is 2. The Morgan fingerprint density at radius 3 is 2.79 bits per heavy atom. The van der Waals surface area contributed by atoms with Crippen molar-refractivity contribution >= 4 is 22.9 Å². The monoisotopic (exact) mass is 302 g/mol. The van der Waals surface area contributed by atoms with E-state index in [1.54, 1.807) is 11.3 Å². The average Bonchev–Trinajstić information content (AvgIpc) is 2.80. The fraction of sp³-hybridized carbons (Fsp3) is 0.786. The van der Waals surface area contributed by atoms with Gasteiger partial charge in [0.1, 0.15) is 0 Å². The Kier molecular flexibility index (Phi) is 6.57. The van der Waals surface area contributed by atoms with Crippen LogP contribution in [0.3, 0.4) is 0 Å². The van der Waals surface area contributed by atoms with Gasteiger partial charge < -0.3 is 5.11 Å². The normalized spacial score (nSPS) is 15.9. The van der Waals surface area contributed by atoms with Gasteiger partial charge in [0.15, 0.2) is 0 Å². The Morgan fingerprint density at radius 2 is 2.21 bits per heavy atom. The zero-order valence-electron chi connectivity index (χ0n) is 11.4. The van der Waals surface area contributed by atoms with Crippen molar-refractivity contribution in [2.24, 2.45) is 0 Å². The number of hydrogen-bond acceptors (Lipinski definition) is 4. The van der Waals surface area contributed by atoms with Gasteiger partial charge in [-0.05, 0) is 38.6 Å². The molecule has 19 heavy (non-hydrogen) atoms. The minimum Gasteiger partial charge on any atom is -0.395 e. The molecule has 1 N–H and O–H groups in total. The standard InChI is InChI=1S/C14H23ClN2OS/c15-10-12-11-19-14(16-12)6-1-2-7-17(8-9-18)13-4-3-5-13/h11,13,18H,1-10H2. The molecule has 0 atom stereocenters. The SMILES string of the molecule is OCCN(CCCCc1nc(CCl)cs1)C1CCC1. The first-order chi connectivity index (χ1) is 9.33. The number of alkyl halides is 1. The van der Waals surface area contributed by atoms with Gasteiger partial charge in [-0.25, -0.2) is 4.98 Å². The van der Waals surface area contributed by atoms with Crippen LogP contribution in [0.15, 0.2) is 5.38 Å². The van der Waals surface area contributed by atoms with Crippen molar-refractivity contribution in [3.63, 3.8) is 0 Å². The predicted molar refractivity (Wildman–Crippen MR) is 80.9 cm³/mol. The van der Waals surface area contributed by atoms with Crippen LogP contribution in [-0.2, 0) is 12.3 Å². The van der Waals surface area contributed by atoms with E-state index in [0.29, 0.717) is 5.88 Å². The highest BCUT2D eigenvalue weighted by molar-refractivity contribution is 7.09. The predicted octanol–water partition coefficient (Wildman–Crippen LogP) is 3.05. The fourth-order valence-corrected chi connectivity index (χ4v) is 3.54. The van der Waals surface area contributed by atoms with Gasteiger partial charge in [-0.15, -0.1) is 22.9 Å². The summed E-state index contributed by atoms with van der Waals surface area (Å²) in [5, 5.41) is 12.4. The smallest absolute Gasteiger partial charge is 0.0928 e. The Hall–Kier alpha value is -0.160. The first kappa shape index (κ1) is 15.2. The van der Waals surface area contributed by atoms with E-state index in [0.717, 1.165) is 31.2 Å². The first-order valence-electron chi connectivity index (χ1n) is 7.17. The van der Waals surface area contributed by atoms with Crippen molar-refractivity contribution in [1.82, 2.24) is 9.88 Å². The quantitative estimate of drug-likeness (QED) is 0.562. The molecular weight excluding hydrogens is 280 g/mol. The number of hydrogen-bond donors (Lipinski definition) is 1. The molecule has 1 heterocycles. The zero-order valence-corrected chi connectivity index (χ0v) is 12.9. The van der Waals surface area contributed by atoms with E-state index in [9.17, 15) is 0 Å². The van der Waals surface area contributed by atoms with Crippen molar-refractivity contribution in [2.45, 2.75) is 50.4 Å². The van der Waals surface area contributed by atoms with Crippen LogP contribution in [0.1, 0.15) is 42.8 Å². The number of aliphatic hydroxyl groups excluding tert-OH is 1. The van der Waals surface area contributed by atoms with Crippen molar-refractivity contribution in [3.05, 3.63) is 16.1 Å². The maximum atomic E-state index is 9.11. The third kappa shape index (κ3) is 4.71. The van der Waals surface area contributed by atoms with Gasteiger partial charge in [-0.1, -0.05) is 6.42 Å². The second kappa shape index (κ2) is 8.20. The Labute approximate surface area is 124 Å². The highest BCUT2D eigenvalue weighted by Gasteiger charge is 2.23. The summed E-state index contributed by atoms with van der Waals surface area (Å²) >= 11 is 7.46. The molecule has 0 amide bonds. The van der Waals surface area contributed by atoms with Crippen LogP contribution in [0.5, 0.6) is 0 Å². The molecule has 1 aromatic rings. The van der Waals surface area contributed by atoms with Gasteiger partial charge >= 0.3 is 0 Å². The van der Waals surface area contributed by atoms with Crippen LogP contribution in [0, 0.1) is 0 Å². The maximum absolute atomic E-state index is 9.11. The topological polar surface area (TPSA) is 36.4 Å². The third-order valence-electron chi connectivity index (χ3n) is 3.80. The van der Waals surface area contributed by atoms with E-state index in [1.165, 1.54) is 37.1 Å². The largest absolute Gasteiger partial charge is 0.395 e. The minimum atomic E-state index is 0.280. The molecule has 0 unspecified atom stereocenters. The molecule has 5 heteroatoms. The van der Waals surface area contributed by atoms with Crippen molar-refractivity contribution in [1.29, 1.82) is 0 Å². The number of unbranched alkanes of at least 4 members (excludes halogenated alkanes) is 1. The summed E-state index contributed by atoms with van der Waals surface area (Å²) in [6, 6.07) is 0.731. The van der Waals surface area contributed by atoms with E-state index >= 15 is 0 Å². The van der Waals surface area contributed by atoms with Crippen molar-refractivity contribution in [3.8, 4) is 0 Å². The fourth-order valence-electron chi connectivity index (χ4n) is 2.47. The first-order valence-corrected chi connectivity index (χ1v) is 8.59. The molecule has 0 aromatic carbocycles. The molecule has 3 nitrogen and oxygen atoms in total. The van der Waals surface area contributed by atoms with Crippen molar-refractivity contribution in [2.75, 3.05) is 19.7 Å². The van der Waals surface area contributed by atoms with E-state index < -0.39 is 0 Å². The molecule has 1 aliphatic carbocycles. The number of aryl methyl sites for hydroxylation is 1. The summed E-state index contributed by atoms with van der Waals surface area (Å²) in [7, 11) is 0. The van der Waals surface area contributed by atoms with Crippen LogP contribution in [0.25, 0.3) is 0 Å². The zero-order chi connectivity index (χ0) is 13.5. The van der Waals surface area contributed by atoms with Gasteiger partial charge in [-0.3, -0.25) is 4.90 Å². The second-order valence-corrected chi connectivity index (χ2v) is 6.38. The molecule has 2 rings (SSSR count). The Balaban J connectivity index is 1.64. The molecular formula is C14H23ClN2OS. The lowest BCUT2D eigenvalue weighted by Gasteiger charge is -2.37. The molecule has 0 saturated heterocycles. The Bertz CT molecular complexity index is 368. The average molecular weight is 303 g/mol. The molecule has 0 radical (unpaired) electrons. The van der Waals surface area contributed by atoms with Crippen LogP contribution < -0.4 is 0 Å². The molecule has 1 aliphatic rings. The Morgan fingerprint density at radius 1 is 1.37 bits per heavy atom. The molecule has 1 fully saturated rings. The molecule has 0 bridgehead atoms. The minimum absolute atomic E-state index is 0.280. The van der Waals surface area contributed by atoms with Gasteiger partial charge in [0, 0.05) is 18.0 Å². The maximum Gasteiger partial charge on any atom is 0.0928 e. The van der Waals surface area contributed by atoms with Gasteiger partial charge in [0.2, 0.25) is 0 Å². The van der Waals surface area contributed by atoms with E-state index in [4.69, 9.17) is 16.7 Å². The lowest BCUT2D eigenvalue weighted by atomic mass is 9.91. The molecule has 1 saturated carbocycles. The number of aromatic nitrogens is 1. The van der Waals surface area contributed by atoms with Crippen LogP contribution in [0.2, 0.25) is 0 Å². The van der Waals surface area contributed by atoms with E-state index in [1.807, 2.05) is 0 Å². The summed E-state index contributed by atoms with van der Waals surface area (Å²) in [6.45, 7) is 2.22. The summed E-state index contributed by atoms with van der Waals surface area (Å²) in [5.74, 6) is 0.516. The lowest BCUT2D eigenvalue weighted by molar-refractivity contribution is 0.0997. The van der Waals surface area contributed by atoms with E-state index in [-0.39, 0.29) is 6.61 Å². The molecule has 0 spiro atoms. The van der Waals surface area contributed by atoms with E-state index in [2.05, 4.69) is 15.3 Å². The molecule has 0 aliphatic heterocycles. The second-order valence-electron chi connectivity index (χ2n) is 5.17. The van der Waals surface area contributed by atoms with Gasteiger partial charge in [0.05, 0.1) is 23.2 Å². The number of halogens is 1. The number of aliphatic hydroxyl groups is 1. The highest BCUT2D eigenvalue weighted by atomic mass is 35.5. The van der Waals surface area contributed by atoms with Crippen LogP contribution >= 0.6 is 22.9 Å². The molecule has 108 valence electrons. The lowest BCUT2D eigenvalue weighted by Crippen LogP contribution is -2.42. The summed E-state index contributed by atoms with van der Waals surface area (Å²) < 4.78 is 0. The van der Waals surface area contributed by atoms with Crippen molar-refractivity contribution < 1.29 is 5.11 Å². The van der Waals surface area contributed by atoms with Crippen LogP contribution in [0.4, 0.5) is 0 Å². The highest BCUT2D eigenvalue weighted by Crippen LogP contribution is 2.25. The number of thiazole rings is 1. The summed E-state index contributed by atoms with van der Waals surface area (Å²) in [4.78, 5) is 6.93. The summed E-state index contributed by atoms with van der Waals surface area (Å²) in [5.41, 5.74) is 0.998. The molecule has 1 aromatic heterocycles. The van der Waals surface area contributed by atoms with Gasteiger partial charge in [-0.2, -0.15) is 0 Å². The third-order valence-corrected chi connectivity index (χ3v) is 5.03. The summed E-state index contributed by atoms with van der Waals surface area (Å²) in [6.07, 6.45) is 7.39.